The number of aliphatic carboxylic acids is 1. The number of carboxylic acids is 1. The zero-order valence-corrected chi connectivity index (χ0v) is 10.6. The normalized spacial score (nSPS) is 15.6. The van der Waals surface area contributed by atoms with Crippen molar-refractivity contribution in [2.45, 2.75) is 44.6 Å². The molecule has 0 unspecified atom stereocenters. The van der Waals surface area contributed by atoms with Gasteiger partial charge in [-0.2, -0.15) is 0 Å². The highest BCUT2D eigenvalue weighted by molar-refractivity contribution is 5.74. The summed E-state index contributed by atoms with van der Waals surface area (Å²) in [6.45, 7) is 0.661. The predicted octanol–water partition coefficient (Wildman–Crippen LogP) is 0.798. The SMILES string of the molecule is O=C(O)CCCNC(=O)N(CCO)C1CCCC1. The molecular weight excluding hydrogens is 236 g/mol. The van der Waals surface area contributed by atoms with Crippen molar-refractivity contribution in [1.82, 2.24) is 10.2 Å². The van der Waals surface area contributed by atoms with E-state index >= 15 is 0 Å². The number of carboxylic acid groups (broad SMARTS) is 1. The van der Waals surface area contributed by atoms with Crippen LogP contribution in [0.25, 0.3) is 0 Å². The van der Waals surface area contributed by atoms with E-state index in [-0.39, 0.29) is 25.1 Å². The van der Waals surface area contributed by atoms with E-state index in [4.69, 9.17) is 10.2 Å². The number of aliphatic hydroxyl groups is 1. The third-order valence-electron chi connectivity index (χ3n) is 3.21. The lowest BCUT2D eigenvalue weighted by molar-refractivity contribution is -0.137. The van der Waals surface area contributed by atoms with Crippen LogP contribution in [0.5, 0.6) is 0 Å². The van der Waals surface area contributed by atoms with Crippen molar-refractivity contribution in [3.8, 4) is 0 Å². The fourth-order valence-electron chi connectivity index (χ4n) is 2.31. The molecule has 104 valence electrons. The van der Waals surface area contributed by atoms with Gasteiger partial charge in [0.2, 0.25) is 0 Å². The Morgan fingerprint density at radius 1 is 1.28 bits per heavy atom. The van der Waals surface area contributed by atoms with Gasteiger partial charge in [-0.05, 0) is 19.3 Å². The minimum absolute atomic E-state index is 0.0426. The molecule has 6 heteroatoms. The van der Waals surface area contributed by atoms with Crippen molar-refractivity contribution < 1.29 is 19.8 Å². The summed E-state index contributed by atoms with van der Waals surface area (Å²) in [5, 5.41) is 20.2. The Labute approximate surface area is 107 Å². The molecule has 18 heavy (non-hydrogen) atoms. The molecular formula is C12H22N2O4. The van der Waals surface area contributed by atoms with E-state index in [1.54, 1.807) is 4.90 Å². The first-order valence-corrected chi connectivity index (χ1v) is 6.52. The summed E-state index contributed by atoms with van der Waals surface area (Å²) in [7, 11) is 0. The molecule has 0 heterocycles. The summed E-state index contributed by atoms with van der Waals surface area (Å²) in [6, 6.07) is 0.0259. The van der Waals surface area contributed by atoms with E-state index in [9.17, 15) is 9.59 Å². The van der Waals surface area contributed by atoms with Crippen molar-refractivity contribution in [2.75, 3.05) is 19.7 Å². The van der Waals surface area contributed by atoms with Gasteiger partial charge in [-0.3, -0.25) is 4.79 Å². The lowest BCUT2D eigenvalue weighted by atomic mass is 10.2. The van der Waals surface area contributed by atoms with Gasteiger partial charge in [-0.25, -0.2) is 4.79 Å². The number of hydrogen-bond acceptors (Lipinski definition) is 3. The Balaban J connectivity index is 2.32. The molecule has 2 amide bonds. The molecule has 0 spiro atoms. The van der Waals surface area contributed by atoms with Gasteiger partial charge in [0.05, 0.1) is 6.61 Å². The summed E-state index contributed by atoms with van der Waals surface area (Å²) in [5.74, 6) is -0.854. The molecule has 0 aromatic rings. The molecule has 1 fully saturated rings. The van der Waals surface area contributed by atoms with E-state index in [0.29, 0.717) is 19.5 Å². The molecule has 6 nitrogen and oxygen atoms in total. The molecule has 1 aliphatic rings. The molecule has 1 rings (SSSR count). The van der Waals surface area contributed by atoms with Crippen LogP contribution in [0.15, 0.2) is 0 Å². The second-order valence-corrected chi connectivity index (χ2v) is 4.58. The van der Waals surface area contributed by atoms with E-state index in [1.165, 1.54) is 0 Å². The monoisotopic (exact) mass is 258 g/mol. The van der Waals surface area contributed by atoms with Crippen LogP contribution >= 0.6 is 0 Å². The van der Waals surface area contributed by atoms with Gasteiger partial charge in [-0.1, -0.05) is 12.8 Å². The standard InChI is InChI=1S/C12H22N2O4/c15-9-8-14(10-4-1-2-5-10)12(18)13-7-3-6-11(16)17/h10,15H,1-9H2,(H,13,18)(H,16,17). The number of amides is 2. The third kappa shape index (κ3) is 4.91. The quantitative estimate of drug-likeness (QED) is 0.589. The van der Waals surface area contributed by atoms with Crippen molar-refractivity contribution in [2.24, 2.45) is 0 Å². The maximum atomic E-state index is 11.9. The van der Waals surface area contributed by atoms with Crippen molar-refractivity contribution >= 4 is 12.0 Å². The van der Waals surface area contributed by atoms with Gasteiger partial charge < -0.3 is 20.4 Å². The third-order valence-corrected chi connectivity index (χ3v) is 3.21. The van der Waals surface area contributed by atoms with Crippen LogP contribution < -0.4 is 5.32 Å². The molecule has 0 aromatic heterocycles. The maximum absolute atomic E-state index is 11.9. The van der Waals surface area contributed by atoms with Crippen LogP contribution in [-0.2, 0) is 4.79 Å². The van der Waals surface area contributed by atoms with Crippen LogP contribution in [0.4, 0.5) is 4.79 Å². The number of nitrogens with zero attached hydrogens (tertiary/aromatic N) is 1. The van der Waals surface area contributed by atoms with E-state index in [0.717, 1.165) is 25.7 Å². The highest BCUT2D eigenvalue weighted by atomic mass is 16.4. The number of nitrogens with one attached hydrogen (secondary N) is 1. The zero-order valence-electron chi connectivity index (χ0n) is 10.6. The van der Waals surface area contributed by atoms with Crippen LogP contribution in [0.3, 0.4) is 0 Å². The Hall–Kier alpha value is -1.30. The maximum Gasteiger partial charge on any atom is 0.317 e. The lowest BCUT2D eigenvalue weighted by Gasteiger charge is -2.28. The molecule has 0 saturated heterocycles. The van der Waals surface area contributed by atoms with Gasteiger partial charge in [0.25, 0.3) is 0 Å². The number of hydrogen-bond donors (Lipinski definition) is 3. The summed E-state index contributed by atoms with van der Waals surface area (Å²) in [5.41, 5.74) is 0. The fraction of sp³-hybridized carbons (Fsp3) is 0.833. The number of carbonyl (C=O) groups excluding carboxylic acids is 1. The first-order valence-electron chi connectivity index (χ1n) is 6.52. The molecule has 3 N–H and O–H groups in total. The van der Waals surface area contributed by atoms with Gasteiger partial charge in [0.15, 0.2) is 0 Å². The van der Waals surface area contributed by atoms with Gasteiger partial charge in [-0.15, -0.1) is 0 Å². The topological polar surface area (TPSA) is 89.9 Å². The van der Waals surface area contributed by atoms with Crippen LogP contribution in [0.2, 0.25) is 0 Å². The lowest BCUT2D eigenvalue weighted by Crippen LogP contribution is -2.46. The van der Waals surface area contributed by atoms with Crippen LogP contribution in [-0.4, -0.2) is 52.9 Å². The van der Waals surface area contributed by atoms with Crippen LogP contribution in [0.1, 0.15) is 38.5 Å². The van der Waals surface area contributed by atoms with Gasteiger partial charge in [0.1, 0.15) is 0 Å². The summed E-state index contributed by atoms with van der Waals surface area (Å²) in [6.07, 6.45) is 4.71. The Morgan fingerprint density at radius 2 is 1.94 bits per heavy atom. The number of carbonyl (C=O) groups is 2. The molecule has 1 saturated carbocycles. The summed E-state index contributed by atoms with van der Waals surface area (Å²) in [4.78, 5) is 23.9. The fourth-order valence-corrected chi connectivity index (χ4v) is 2.31. The number of urea groups is 1. The Bertz CT molecular complexity index is 277. The smallest absolute Gasteiger partial charge is 0.317 e. The molecule has 0 atom stereocenters. The Morgan fingerprint density at radius 3 is 2.50 bits per heavy atom. The van der Waals surface area contributed by atoms with Crippen molar-refractivity contribution in [3.05, 3.63) is 0 Å². The zero-order chi connectivity index (χ0) is 13.4. The number of rotatable bonds is 7. The minimum Gasteiger partial charge on any atom is -0.481 e. The highest BCUT2D eigenvalue weighted by Crippen LogP contribution is 2.23. The Kier molecular flexibility index (Phi) is 6.49. The molecule has 0 bridgehead atoms. The second-order valence-electron chi connectivity index (χ2n) is 4.58. The van der Waals surface area contributed by atoms with Crippen molar-refractivity contribution in [1.29, 1.82) is 0 Å². The summed E-state index contributed by atoms with van der Waals surface area (Å²) >= 11 is 0. The first kappa shape index (κ1) is 14.8. The second kappa shape index (κ2) is 7.92. The molecule has 1 aliphatic carbocycles. The highest BCUT2D eigenvalue weighted by Gasteiger charge is 2.25. The van der Waals surface area contributed by atoms with E-state index in [2.05, 4.69) is 5.32 Å². The number of aliphatic hydroxyl groups excluding tert-OH is 1. The van der Waals surface area contributed by atoms with E-state index in [1.807, 2.05) is 0 Å². The average molecular weight is 258 g/mol. The molecule has 0 aromatic carbocycles. The first-order chi connectivity index (χ1) is 8.65. The molecule has 0 aliphatic heterocycles. The minimum atomic E-state index is -0.854. The largest absolute Gasteiger partial charge is 0.481 e. The van der Waals surface area contributed by atoms with Crippen LogP contribution in [0, 0.1) is 0 Å². The van der Waals surface area contributed by atoms with Gasteiger partial charge in [0, 0.05) is 25.6 Å². The van der Waals surface area contributed by atoms with Gasteiger partial charge >= 0.3 is 12.0 Å². The predicted molar refractivity (Wildman–Crippen MR) is 66.3 cm³/mol. The van der Waals surface area contributed by atoms with E-state index < -0.39 is 5.97 Å². The molecule has 0 radical (unpaired) electrons. The average Bonchev–Trinajstić information content (AvgIpc) is 2.84. The summed E-state index contributed by atoms with van der Waals surface area (Å²) < 4.78 is 0. The van der Waals surface area contributed by atoms with Crippen molar-refractivity contribution in [3.63, 3.8) is 0 Å².